The maximum atomic E-state index is 8.67. The molecule has 0 aliphatic carbocycles. The zero-order valence-corrected chi connectivity index (χ0v) is 26.5. The van der Waals surface area contributed by atoms with Crippen LogP contribution in [0.1, 0.15) is 6.85 Å². The molecule has 50 heavy (non-hydrogen) atoms. The fourth-order valence-electron chi connectivity index (χ4n) is 6.94. The minimum atomic E-state index is -0.486. The maximum absolute atomic E-state index is 8.67. The Bertz CT molecular complexity index is 3130. The van der Waals surface area contributed by atoms with Gasteiger partial charge >= 0.3 is 0 Å². The van der Waals surface area contributed by atoms with Crippen LogP contribution in [0.3, 0.4) is 0 Å². The van der Waals surface area contributed by atoms with Crippen molar-refractivity contribution in [2.24, 2.45) is 0 Å². The molecule has 5 nitrogen and oxygen atoms in total. The molecule has 10 rings (SSSR count). The molecule has 7 aromatic carbocycles. The molecule has 0 N–H and O–H groups in total. The summed E-state index contributed by atoms with van der Waals surface area (Å²) >= 11 is 0. The third-order valence-corrected chi connectivity index (χ3v) is 9.15. The second-order valence-corrected chi connectivity index (χ2v) is 12.1. The molecule has 0 saturated carbocycles. The molecule has 0 saturated heterocycles. The standard InChI is InChI=1S/C45H28N4O/c1-4-14-29(15-5-1)33-21-13-25-39-41(33)36-20-10-11-24-38(36)49(39)32-26-27-34-35-22-12-23-37(42(35)50-40(34)28-32)45-47-43(30-16-6-2-7-17-30)46-44(48-45)31-18-8-3-9-19-31/h1-28H/i2D,6D,7D,16D,17D. The first-order valence-corrected chi connectivity index (χ1v) is 16.3. The van der Waals surface area contributed by atoms with Crippen LogP contribution in [-0.2, 0) is 0 Å². The molecule has 5 heteroatoms. The van der Waals surface area contributed by atoms with Gasteiger partial charge in [0.25, 0.3) is 0 Å². The van der Waals surface area contributed by atoms with Gasteiger partial charge in [-0.05, 0) is 41.5 Å². The van der Waals surface area contributed by atoms with Crippen LogP contribution in [-0.4, -0.2) is 19.5 Å². The number of rotatable bonds is 5. The van der Waals surface area contributed by atoms with Gasteiger partial charge in [-0.3, -0.25) is 0 Å². The summed E-state index contributed by atoms with van der Waals surface area (Å²) < 4.78 is 51.0. The fourth-order valence-corrected chi connectivity index (χ4v) is 6.94. The molecule has 0 amide bonds. The van der Waals surface area contributed by atoms with E-state index in [4.69, 9.17) is 21.2 Å². The van der Waals surface area contributed by atoms with Gasteiger partial charge in [0.15, 0.2) is 17.5 Å². The molecule has 0 bridgehead atoms. The maximum Gasteiger partial charge on any atom is 0.167 e. The number of furan rings is 1. The second kappa shape index (κ2) is 11.4. The van der Waals surface area contributed by atoms with Crippen molar-refractivity contribution in [3.8, 4) is 51.0 Å². The summed E-state index contributed by atoms with van der Waals surface area (Å²) in [6.45, 7) is 0. The quantitative estimate of drug-likeness (QED) is 0.187. The average Bonchev–Trinajstić information content (AvgIpc) is 3.78. The molecular weight excluding hydrogens is 613 g/mol. The minimum Gasteiger partial charge on any atom is -0.455 e. The lowest BCUT2D eigenvalue weighted by molar-refractivity contribution is 0.669. The SMILES string of the molecule is [2H]c1c([2H])c([2H])c(-c2nc(-c3ccccc3)nc(-c3cccc4c3oc3cc(-n5c6ccccc6c6c(-c7ccccc7)cccc65)ccc34)n2)c([2H])c1[2H]. The third-order valence-electron chi connectivity index (χ3n) is 9.15. The van der Waals surface area contributed by atoms with E-state index in [0.29, 0.717) is 28.1 Å². The van der Waals surface area contributed by atoms with E-state index in [-0.39, 0.29) is 17.2 Å². The number of aromatic nitrogens is 4. The summed E-state index contributed by atoms with van der Waals surface area (Å²) in [6.07, 6.45) is 0. The van der Waals surface area contributed by atoms with Crippen LogP contribution in [0.15, 0.2) is 174 Å². The van der Waals surface area contributed by atoms with Crippen LogP contribution >= 0.6 is 0 Å². The van der Waals surface area contributed by atoms with Crippen molar-refractivity contribution in [1.82, 2.24) is 19.5 Å². The molecule has 10 aromatic rings. The fraction of sp³-hybridized carbons (Fsp3) is 0. The summed E-state index contributed by atoms with van der Waals surface area (Å²) in [5.74, 6) is 0.512. The Morgan fingerprint density at radius 2 is 1.12 bits per heavy atom. The van der Waals surface area contributed by atoms with Crippen molar-refractivity contribution < 1.29 is 11.3 Å². The predicted octanol–water partition coefficient (Wildman–Crippen LogP) is 11.5. The van der Waals surface area contributed by atoms with Crippen LogP contribution < -0.4 is 0 Å². The van der Waals surface area contributed by atoms with E-state index in [1.54, 1.807) is 0 Å². The summed E-state index contributed by atoms with van der Waals surface area (Å²) in [4.78, 5) is 14.3. The third kappa shape index (κ3) is 4.52. The smallest absolute Gasteiger partial charge is 0.167 e. The zero-order chi connectivity index (χ0) is 37.4. The zero-order valence-electron chi connectivity index (χ0n) is 31.5. The number of hydrogen-bond acceptors (Lipinski definition) is 4. The normalized spacial score (nSPS) is 13.0. The van der Waals surface area contributed by atoms with E-state index >= 15 is 0 Å². The molecule has 0 radical (unpaired) electrons. The highest BCUT2D eigenvalue weighted by molar-refractivity contribution is 6.16. The molecule has 0 fully saturated rings. The first-order chi connectivity index (χ1) is 26.9. The van der Waals surface area contributed by atoms with E-state index in [1.807, 2.05) is 54.6 Å². The highest BCUT2D eigenvalue weighted by Gasteiger charge is 2.20. The second-order valence-electron chi connectivity index (χ2n) is 12.1. The summed E-state index contributed by atoms with van der Waals surface area (Å²) in [5, 5.41) is 4.10. The number of benzene rings is 7. The van der Waals surface area contributed by atoms with Crippen molar-refractivity contribution in [3.05, 3.63) is 170 Å². The Hall–Kier alpha value is -6.85. The number of hydrogen-bond donors (Lipinski definition) is 0. The lowest BCUT2D eigenvalue weighted by atomic mass is 9.99. The van der Waals surface area contributed by atoms with Crippen molar-refractivity contribution in [2.45, 2.75) is 0 Å². The van der Waals surface area contributed by atoms with E-state index in [2.05, 4.69) is 94.5 Å². The number of para-hydroxylation sites is 2. The van der Waals surface area contributed by atoms with Crippen molar-refractivity contribution in [3.63, 3.8) is 0 Å². The van der Waals surface area contributed by atoms with Gasteiger partial charge in [0, 0.05) is 44.4 Å². The number of fused-ring (bicyclic) bond motifs is 6. The van der Waals surface area contributed by atoms with Gasteiger partial charge in [0.2, 0.25) is 0 Å². The monoisotopic (exact) mass is 645 g/mol. The Kier molecular flexibility index (Phi) is 5.35. The van der Waals surface area contributed by atoms with Gasteiger partial charge in [-0.1, -0.05) is 133 Å². The van der Waals surface area contributed by atoms with E-state index in [0.717, 1.165) is 44.0 Å². The van der Waals surface area contributed by atoms with E-state index in [9.17, 15) is 0 Å². The molecule has 0 unspecified atom stereocenters. The van der Waals surface area contributed by atoms with Crippen LogP contribution in [0.25, 0.3) is 94.7 Å². The van der Waals surface area contributed by atoms with Crippen LogP contribution in [0.2, 0.25) is 0 Å². The average molecular weight is 646 g/mol. The lowest BCUT2D eigenvalue weighted by Crippen LogP contribution is -2.00. The largest absolute Gasteiger partial charge is 0.455 e. The van der Waals surface area contributed by atoms with Crippen LogP contribution in [0.4, 0.5) is 0 Å². The van der Waals surface area contributed by atoms with Crippen molar-refractivity contribution in [2.75, 3.05) is 0 Å². The van der Waals surface area contributed by atoms with Crippen LogP contribution in [0.5, 0.6) is 0 Å². The molecule has 3 aromatic heterocycles. The molecular formula is C45H28N4O. The molecule has 0 aliphatic heterocycles. The van der Waals surface area contributed by atoms with Crippen LogP contribution in [0, 0.1) is 0 Å². The Morgan fingerprint density at radius 1 is 0.480 bits per heavy atom. The molecule has 3 heterocycles. The van der Waals surface area contributed by atoms with Gasteiger partial charge in [-0.2, -0.15) is 0 Å². The van der Waals surface area contributed by atoms with Gasteiger partial charge < -0.3 is 8.98 Å². The molecule has 0 atom stereocenters. The van der Waals surface area contributed by atoms with Gasteiger partial charge in [-0.15, -0.1) is 0 Å². The van der Waals surface area contributed by atoms with Gasteiger partial charge in [0.05, 0.1) is 23.5 Å². The van der Waals surface area contributed by atoms with Crippen molar-refractivity contribution in [1.29, 1.82) is 0 Å². The highest BCUT2D eigenvalue weighted by Crippen LogP contribution is 2.41. The summed E-state index contributed by atoms with van der Waals surface area (Å²) in [5.41, 5.74) is 7.81. The molecule has 0 spiro atoms. The topological polar surface area (TPSA) is 56.7 Å². The Labute approximate surface area is 294 Å². The minimum absolute atomic E-state index is 0.0301. The number of nitrogens with zero attached hydrogens (tertiary/aromatic N) is 4. The molecule has 0 aliphatic rings. The Morgan fingerprint density at radius 3 is 1.94 bits per heavy atom. The first kappa shape index (κ1) is 23.5. The van der Waals surface area contributed by atoms with Crippen molar-refractivity contribution >= 4 is 43.7 Å². The predicted molar refractivity (Wildman–Crippen MR) is 203 cm³/mol. The summed E-state index contributed by atoms with van der Waals surface area (Å²) in [6, 6.07) is 44.4. The Balaban J connectivity index is 1.18. The van der Waals surface area contributed by atoms with E-state index in [1.165, 1.54) is 5.39 Å². The van der Waals surface area contributed by atoms with E-state index < -0.39 is 30.2 Å². The highest BCUT2D eigenvalue weighted by atomic mass is 16.3. The van der Waals surface area contributed by atoms with Gasteiger partial charge in [-0.25, -0.2) is 15.0 Å². The molecule has 234 valence electrons. The first-order valence-electron chi connectivity index (χ1n) is 18.8. The van der Waals surface area contributed by atoms with Gasteiger partial charge in [0.1, 0.15) is 11.2 Å². The summed E-state index contributed by atoms with van der Waals surface area (Å²) in [7, 11) is 0. The lowest BCUT2D eigenvalue weighted by Gasteiger charge is -2.09.